The Labute approximate surface area is 134 Å². The molecule has 4 heteroatoms. The SMILES string of the molecule is Cc1c(C(=O)O)ccc2c1N[C@H](c1cccnc1)[C@@H]1CC=C[C@@H]21. The summed E-state index contributed by atoms with van der Waals surface area (Å²) >= 11 is 0. The van der Waals surface area contributed by atoms with Gasteiger partial charge in [0.1, 0.15) is 0 Å². The Morgan fingerprint density at radius 1 is 1.35 bits per heavy atom. The molecule has 0 saturated heterocycles. The summed E-state index contributed by atoms with van der Waals surface area (Å²) in [6, 6.07) is 7.88. The number of benzene rings is 1. The summed E-state index contributed by atoms with van der Waals surface area (Å²) in [6.45, 7) is 1.88. The molecule has 1 aliphatic carbocycles. The molecule has 4 rings (SSSR count). The molecular formula is C19H18N2O2. The van der Waals surface area contributed by atoms with Gasteiger partial charge in [-0.3, -0.25) is 4.98 Å². The maximum absolute atomic E-state index is 11.4. The van der Waals surface area contributed by atoms with Crippen LogP contribution in [0.1, 0.15) is 45.4 Å². The lowest BCUT2D eigenvalue weighted by atomic mass is 9.76. The highest BCUT2D eigenvalue weighted by Crippen LogP contribution is 2.50. The molecule has 1 aromatic carbocycles. The minimum absolute atomic E-state index is 0.152. The van der Waals surface area contributed by atoms with E-state index >= 15 is 0 Å². The van der Waals surface area contributed by atoms with Gasteiger partial charge in [0.25, 0.3) is 0 Å². The molecule has 1 aliphatic heterocycles. The molecule has 2 N–H and O–H groups in total. The van der Waals surface area contributed by atoms with Gasteiger partial charge < -0.3 is 10.4 Å². The molecule has 0 unspecified atom stereocenters. The standard InChI is InChI=1S/C19H18N2O2/c1-11-13(19(22)23)7-8-16-14-5-2-6-15(14)18(21-17(11)16)12-4-3-9-20-10-12/h2-5,7-10,14-15,18,21H,6H2,1H3,(H,22,23)/t14-,15-,18-/m1/s1. The predicted molar refractivity (Wildman–Crippen MR) is 88.7 cm³/mol. The van der Waals surface area contributed by atoms with Crippen LogP contribution in [0.15, 0.2) is 48.8 Å². The maximum atomic E-state index is 11.4. The number of fused-ring (bicyclic) bond motifs is 3. The third kappa shape index (κ3) is 2.13. The smallest absolute Gasteiger partial charge is 0.336 e. The molecular weight excluding hydrogens is 288 g/mol. The van der Waals surface area contributed by atoms with Crippen LogP contribution in [-0.2, 0) is 0 Å². The molecule has 2 aromatic rings. The molecule has 0 amide bonds. The first-order valence-electron chi connectivity index (χ1n) is 7.86. The molecule has 0 spiro atoms. The van der Waals surface area contributed by atoms with Crippen molar-refractivity contribution in [3.63, 3.8) is 0 Å². The zero-order chi connectivity index (χ0) is 16.0. The van der Waals surface area contributed by atoms with Crippen molar-refractivity contribution in [3.8, 4) is 0 Å². The summed E-state index contributed by atoms with van der Waals surface area (Å²) in [5.41, 5.74) is 4.49. The first kappa shape index (κ1) is 14.0. The van der Waals surface area contributed by atoms with Gasteiger partial charge in [-0.2, -0.15) is 0 Å². The van der Waals surface area contributed by atoms with E-state index in [1.54, 1.807) is 12.3 Å². The number of carboxylic acid groups (broad SMARTS) is 1. The van der Waals surface area contributed by atoms with Crippen molar-refractivity contribution >= 4 is 11.7 Å². The predicted octanol–water partition coefficient (Wildman–Crippen LogP) is 3.91. The van der Waals surface area contributed by atoms with Crippen molar-refractivity contribution in [2.24, 2.45) is 5.92 Å². The van der Waals surface area contributed by atoms with E-state index in [0.717, 1.165) is 23.2 Å². The van der Waals surface area contributed by atoms with Crippen LogP contribution in [0.25, 0.3) is 0 Å². The molecule has 0 saturated carbocycles. The van der Waals surface area contributed by atoms with Crippen LogP contribution in [-0.4, -0.2) is 16.1 Å². The Bertz CT molecular complexity index is 799. The van der Waals surface area contributed by atoms with Crippen molar-refractivity contribution in [1.82, 2.24) is 4.98 Å². The van der Waals surface area contributed by atoms with Gasteiger partial charge in [-0.1, -0.05) is 24.3 Å². The van der Waals surface area contributed by atoms with Gasteiger partial charge in [0.15, 0.2) is 0 Å². The zero-order valence-electron chi connectivity index (χ0n) is 12.9. The molecule has 116 valence electrons. The average molecular weight is 306 g/mol. The number of anilines is 1. The third-order valence-corrected chi connectivity index (χ3v) is 5.07. The van der Waals surface area contributed by atoms with E-state index < -0.39 is 5.97 Å². The Hall–Kier alpha value is -2.62. The van der Waals surface area contributed by atoms with Crippen molar-refractivity contribution in [3.05, 3.63) is 71.1 Å². The zero-order valence-corrected chi connectivity index (χ0v) is 12.9. The third-order valence-electron chi connectivity index (χ3n) is 5.07. The summed E-state index contributed by atoms with van der Waals surface area (Å²) in [7, 11) is 0. The number of carboxylic acids is 1. The second-order valence-corrected chi connectivity index (χ2v) is 6.27. The topological polar surface area (TPSA) is 62.2 Å². The number of allylic oxidation sites excluding steroid dienone is 2. The fourth-order valence-corrected chi connectivity index (χ4v) is 3.94. The number of hydrogen-bond acceptors (Lipinski definition) is 3. The average Bonchev–Trinajstić information content (AvgIpc) is 3.05. The number of carbonyl (C=O) groups is 1. The minimum Gasteiger partial charge on any atom is -0.478 e. The second kappa shape index (κ2) is 5.23. The van der Waals surface area contributed by atoms with Crippen LogP contribution in [0.2, 0.25) is 0 Å². The second-order valence-electron chi connectivity index (χ2n) is 6.27. The minimum atomic E-state index is -0.880. The number of pyridine rings is 1. The van der Waals surface area contributed by atoms with Gasteiger partial charge in [0.2, 0.25) is 0 Å². The highest BCUT2D eigenvalue weighted by molar-refractivity contribution is 5.92. The number of nitrogens with zero attached hydrogens (tertiary/aromatic N) is 1. The summed E-state index contributed by atoms with van der Waals surface area (Å²) < 4.78 is 0. The molecule has 0 radical (unpaired) electrons. The molecule has 0 bridgehead atoms. The van der Waals surface area contributed by atoms with Crippen LogP contribution in [0.4, 0.5) is 5.69 Å². The fourth-order valence-electron chi connectivity index (χ4n) is 3.94. The number of hydrogen-bond donors (Lipinski definition) is 2. The normalized spacial score (nSPS) is 24.7. The molecule has 2 aliphatic rings. The highest BCUT2D eigenvalue weighted by atomic mass is 16.4. The van der Waals surface area contributed by atoms with Crippen LogP contribution in [0, 0.1) is 12.8 Å². The first-order valence-corrected chi connectivity index (χ1v) is 7.86. The van der Waals surface area contributed by atoms with Gasteiger partial charge in [0.05, 0.1) is 11.6 Å². The first-order chi connectivity index (χ1) is 11.2. The lowest BCUT2D eigenvalue weighted by molar-refractivity contribution is 0.0696. The molecule has 3 atom stereocenters. The van der Waals surface area contributed by atoms with Crippen molar-refractivity contribution in [1.29, 1.82) is 0 Å². The van der Waals surface area contributed by atoms with E-state index in [0.29, 0.717) is 17.4 Å². The van der Waals surface area contributed by atoms with Crippen molar-refractivity contribution < 1.29 is 9.90 Å². The van der Waals surface area contributed by atoms with Crippen LogP contribution < -0.4 is 5.32 Å². The van der Waals surface area contributed by atoms with E-state index in [1.165, 1.54) is 5.56 Å². The molecule has 4 nitrogen and oxygen atoms in total. The largest absolute Gasteiger partial charge is 0.478 e. The summed E-state index contributed by atoms with van der Waals surface area (Å²) in [5, 5.41) is 13.0. The Balaban J connectivity index is 1.85. The lowest BCUT2D eigenvalue weighted by Crippen LogP contribution is -2.30. The number of aromatic nitrogens is 1. The molecule has 2 heterocycles. The monoisotopic (exact) mass is 306 g/mol. The summed E-state index contributed by atoms with van der Waals surface area (Å²) in [4.78, 5) is 15.7. The van der Waals surface area contributed by atoms with Crippen LogP contribution >= 0.6 is 0 Å². The van der Waals surface area contributed by atoms with E-state index in [9.17, 15) is 9.90 Å². The van der Waals surface area contributed by atoms with Gasteiger partial charge >= 0.3 is 5.97 Å². The maximum Gasteiger partial charge on any atom is 0.336 e. The molecule has 1 aromatic heterocycles. The Morgan fingerprint density at radius 2 is 2.22 bits per heavy atom. The molecule has 0 fully saturated rings. The molecule has 23 heavy (non-hydrogen) atoms. The van der Waals surface area contributed by atoms with Gasteiger partial charge in [-0.25, -0.2) is 4.79 Å². The van der Waals surface area contributed by atoms with Crippen molar-refractivity contribution in [2.45, 2.75) is 25.3 Å². The van der Waals surface area contributed by atoms with Crippen molar-refractivity contribution in [2.75, 3.05) is 5.32 Å². The highest BCUT2D eigenvalue weighted by Gasteiger charge is 2.38. The van der Waals surface area contributed by atoms with E-state index in [2.05, 4.69) is 28.5 Å². The van der Waals surface area contributed by atoms with Gasteiger partial charge in [-0.05, 0) is 48.1 Å². The van der Waals surface area contributed by atoms with Crippen LogP contribution in [0.5, 0.6) is 0 Å². The van der Waals surface area contributed by atoms with E-state index in [-0.39, 0.29) is 6.04 Å². The number of nitrogens with one attached hydrogen (secondary N) is 1. The summed E-state index contributed by atoms with van der Waals surface area (Å²) in [5.74, 6) is -0.103. The fraction of sp³-hybridized carbons (Fsp3) is 0.263. The quantitative estimate of drug-likeness (QED) is 0.826. The van der Waals surface area contributed by atoms with Gasteiger partial charge in [0, 0.05) is 24.0 Å². The van der Waals surface area contributed by atoms with Gasteiger partial charge in [-0.15, -0.1) is 0 Å². The number of rotatable bonds is 2. The number of aromatic carboxylic acids is 1. The summed E-state index contributed by atoms with van der Waals surface area (Å²) in [6.07, 6.45) is 9.19. The lowest BCUT2D eigenvalue weighted by Gasteiger charge is -2.38. The van der Waals surface area contributed by atoms with E-state index in [1.807, 2.05) is 25.3 Å². The Morgan fingerprint density at radius 3 is 2.96 bits per heavy atom. The van der Waals surface area contributed by atoms with E-state index in [4.69, 9.17) is 0 Å². The van der Waals surface area contributed by atoms with Crippen LogP contribution in [0.3, 0.4) is 0 Å². The Kier molecular flexibility index (Phi) is 3.18.